The first-order valence-corrected chi connectivity index (χ1v) is 14.9. The van der Waals surface area contributed by atoms with Crippen molar-refractivity contribution in [3.63, 3.8) is 0 Å². The first-order valence-electron chi connectivity index (χ1n) is 12.9. The number of aryl methyl sites for hydroxylation is 1. The van der Waals surface area contributed by atoms with Gasteiger partial charge in [0.25, 0.3) is 0 Å². The second kappa shape index (κ2) is 10.2. The van der Waals surface area contributed by atoms with Gasteiger partial charge in [0.1, 0.15) is 39.4 Å². The number of nitrogens with zero attached hydrogens (tertiary/aromatic N) is 4. The van der Waals surface area contributed by atoms with E-state index in [1.54, 1.807) is 23.0 Å². The Labute approximate surface area is 243 Å². The van der Waals surface area contributed by atoms with Crippen LogP contribution in [-0.4, -0.2) is 39.9 Å². The third-order valence-electron chi connectivity index (χ3n) is 7.29. The first-order chi connectivity index (χ1) is 19.5. The maximum absolute atomic E-state index is 6.34. The lowest BCUT2D eigenvalue weighted by molar-refractivity contribution is 0.0629. The molecule has 1 saturated heterocycles. The summed E-state index contributed by atoms with van der Waals surface area (Å²) in [4.78, 5) is 10.6. The molecule has 0 aliphatic carbocycles. The van der Waals surface area contributed by atoms with Crippen LogP contribution in [0.3, 0.4) is 0 Å². The normalized spacial score (nSPS) is 15.2. The highest BCUT2D eigenvalue weighted by atomic mass is 35.5. The van der Waals surface area contributed by atoms with Crippen LogP contribution >= 0.6 is 34.3 Å². The molecular weight excluding hydrogens is 568 g/mol. The SMILES string of the molecule is COc1cc(OCc2csc(C3(c4ccc(Cl)cc4)CCOCC3)n2)c2cc(-c3cn4nc(C)sc4n3)oc2c1. The van der Waals surface area contributed by atoms with Gasteiger partial charge >= 0.3 is 0 Å². The number of hydrogen-bond donors (Lipinski definition) is 0. The summed E-state index contributed by atoms with van der Waals surface area (Å²) in [5, 5.41) is 10.1. The molecule has 7 rings (SSSR count). The van der Waals surface area contributed by atoms with E-state index in [0.717, 1.165) is 43.9 Å². The van der Waals surface area contributed by atoms with Crippen molar-refractivity contribution in [3.8, 4) is 23.0 Å². The summed E-state index contributed by atoms with van der Waals surface area (Å²) in [5.74, 6) is 1.95. The summed E-state index contributed by atoms with van der Waals surface area (Å²) in [6.45, 7) is 3.67. The van der Waals surface area contributed by atoms with Crippen molar-refractivity contribution in [1.29, 1.82) is 0 Å². The van der Waals surface area contributed by atoms with Crippen molar-refractivity contribution in [2.75, 3.05) is 20.3 Å². The molecular formula is C29H25ClN4O4S2. The highest BCUT2D eigenvalue weighted by Crippen LogP contribution is 2.43. The van der Waals surface area contributed by atoms with Crippen LogP contribution in [0, 0.1) is 6.92 Å². The van der Waals surface area contributed by atoms with E-state index in [0.29, 0.717) is 48.4 Å². The van der Waals surface area contributed by atoms with Gasteiger partial charge in [-0.05, 0) is 43.5 Å². The molecule has 0 unspecified atom stereocenters. The van der Waals surface area contributed by atoms with Crippen molar-refractivity contribution < 1.29 is 18.6 Å². The Morgan fingerprint density at radius 1 is 1.10 bits per heavy atom. The molecule has 204 valence electrons. The standard InChI is InChI=1S/C29H25ClN4O4S2/c1-17-33-34-14-23(32-28(34)40-17)26-13-22-24(11-21(35-2)12-25(22)38-26)37-15-20-16-39-27(31-20)29(7-9-36-10-8-29)18-3-5-19(30)6-4-18/h3-6,11-14,16H,7-10,15H2,1-2H3. The lowest BCUT2D eigenvalue weighted by atomic mass is 9.74. The molecule has 1 fully saturated rings. The summed E-state index contributed by atoms with van der Waals surface area (Å²) in [7, 11) is 1.63. The Hall–Kier alpha value is -3.44. The number of halogens is 1. The summed E-state index contributed by atoms with van der Waals surface area (Å²) < 4.78 is 25.5. The van der Waals surface area contributed by atoms with Gasteiger partial charge in [0, 0.05) is 35.7 Å². The number of rotatable bonds is 7. The van der Waals surface area contributed by atoms with E-state index in [1.165, 1.54) is 16.9 Å². The Morgan fingerprint density at radius 3 is 2.70 bits per heavy atom. The molecule has 1 aliphatic rings. The van der Waals surface area contributed by atoms with Gasteiger partial charge in [0.05, 0.1) is 29.8 Å². The zero-order valence-corrected chi connectivity index (χ0v) is 24.2. The van der Waals surface area contributed by atoms with Crippen LogP contribution in [0.5, 0.6) is 11.5 Å². The predicted octanol–water partition coefficient (Wildman–Crippen LogP) is 7.31. The van der Waals surface area contributed by atoms with Gasteiger partial charge in [-0.25, -0.2) is 14.5 Å². The Kier molecular flexibility index (Phi) is 6.50. The molecule has 40 heavy (non-hydrogen) atoms. The van der Waals surface area contributed by atoms with Crippen molar-refractivity contribution >= 4 is 50.2 Å². The number of furan rings is 1. The molecule has 2 aromatic carbocycles. The van der Waals surface area contributed by atoms with Crippen LogP contribution in [-0.2, 0) is 16.8 Å². The number of aromatic nitrogens is 4. The van der Waals surface area contributed by atoms with Crippen LogP contribution < -0.4 is 9.47 Å². The van der Waals surface area contributed by atoms with Gasteiger partial charge in [-0.15, -0.1) is 11.3 Å². The van der Waals surface area contributed by atoms with E-state index in [-0.39, 0.29) is 5.41 Å². The van der Waals surface area contributed by atoms with E-state index < -0.39 is 0 Å². The molecule has 11 heteroatoms. The average Bonchev–Trinajstić information content (AvgIpc) is 3.75. The quantitative estimate of drug-likeness (QED) is 0.192. The molecule has 0 N–H and O–H groups in total. The molecule has 0 radical (unpaired) electrons. The lowest BCUT2D eigenvalue weighted by Crippen LogP contribution is -2.35. The van der Waals surface area contributed by atoms with Gasteiger partial charge in [0.2, 0.25) is 4.96 Å². The van der Waals surface area contributed by atoms with Crippen LogP contribution in [0.1, 0.15) is 34.1 Å². The zero-order valence-electron chi connectivity index (χ0n) is 21.8. The maximum atomic E-state index is 6.34. The zero-order chi connectivity index (χ0) is 27.3. The fourth-order valence-electron chi connectivity index (χ4n) is 5.22. The summed E-state index contributed by atoms with van der Waals surface area (Å²) in [5.41, 5.74) is 3.27. The van der Waals surface area contributed by atoms with Crippen molar-refractivity contribution in [2.45, 2.75) is 31.8 Å². The van der Waals surface area contributed by atoms with Gasteiger partial charge < -0.3 is 18.6 Å². The third kappa shape index (κ3) is 4.54. The monoisotopic (exact) mass is 592 g/mol. The van der Waals surface area contributed by atoms with E-state index >= 15 is 0 Å². The highest BCUT2D eigenvalue weighted by Gasteiger charge is 2.39. The maximum Gasteiger partial charge on any atom is 0.212 e. The molecule has 0 spiro atoms. The van der Waals surface area contributed by atoms with Crippen molar-refractivity contribution in [3.05, 3.63) is 80.3 Å². The van der Waals surface area contributed by atoms with E-state index in [2.05, 4.69) is 27.6 Å². The number of fused-ring (bicyclic) bond motifs is 2. The smallest absolute Gasteiger partial charge is 0.212 e. The van der Waals surface area contributed by atoms with E-state index in [9.17, 15) is 0 Å². The van der Waals surface area contributed by atoms with Crippen LogP contribution in [0.4, 0.5) is 0 Å². The topological polar surface area (TPSA) is 83.9 Å². The summed E-state index contributed by atoms with van der Waals surface area (Å²) >= 11 is 9.39. The molecule has 1 aliphatic heterocycles. The number of methoxy groups -OCH3 is 1. The van der Waals surface area contributed by atoms with E-state index in [4.69, 9.17) is 35.2 Å². The molecule has 8 nitrogen and oxygen atoms in total. The highest BCUT2D eigenvalue weighted by molar-refractivity contribution is 7.16. The summed E-state index contributed by atoms with van der Waals surface area (Å²) in [6.07, 6.45) is 3.62. The molecule has 6 aromatic rings. The molecule has 0 amide bonds. The number of imidazole rings is 1. The Balaban J connectivity index is 1.18. The first kappa shape index (κ1) is 25.5. The Morgan fingerprint density at radius 2 is 1.93 bits per heavy atom. The fraction of sp³-hybridized carbons (Fsp3) is 0.276. The lowest BCUT2D eigenvalue weighted by Gasteiger charge is -2.36. The molecule has 4 aromatic heterocycles. The number of thiazole rings is 1. The van der Waals surface area contributed by atoms with Gasteiger partial charge in [-0.3, -0.25) is 0 Å². The predicted molar refractivity (Wildman–Crippen MR) is 156 cm³/mol. The fourth-order valence-corrected chi connectivity index (χ4v) is 7.16. The van der Waals surface area contributed by atoms with Gasteiger partial charge in [0.15, 0.2) is 5.76 Å². The van der Waals surface area contributed by atoms with Gasteiger partial charge in [-0.2, -0.15) is 5.10 Å². The molecule has 0 bridgehead atoms. The minimum absolute atomic E-state index is 0.194. The number of ether oxygens (including phenoxy) is 3. The number of hydrogen-bond acceptors (Lipinski definition) is 9. The summed E-state index contributed by atoms with van der Waals surface area (Å²) in [6, 6.07) is 13.8. The molecule has 0 saturated carbocycles. The largest absolute Gasteiger partial charge is 0.496 e. The van der Waals surface area contributed by atoms with Crippen molar-refractivity contribution in [2.24, 2.45) is 0 Å². The van der Waals surface area contributed by atoms with Crippen LogP contribution in [0.2, 0.25) is 5.02 Å². The average molecular weight is 593 g/mol. The number of benzene rings is 2. The van der Waals surface area contributed by atoms with Crippen LogP contribution in [0.15, 0.2) is 58.5 Å². The second-order valence-electron chi connectivity index (χ2n) is 9.76. The molecule has 0 atom stereocenters. The van der Waals surface area contributed by atoms with Gasteiger partial charge in [-0.1, -0.05) is 35.1 Å². The van der Waals surface area contributed by atoms with Crippen LogP contribution in [0.25, 0.3) is 27.4 Å². The second-order valence-corrected chi connectivity index (χ2v) is 12.2. The van der Waals surface area contributed by atoms with Crippen molar-refractivity contribution in [1.82, 2.24) is 19.6 Å². The third-order valence-corrected chi connectivity index (χ3v) is 9.47. The molecule has 5 heterocycles. The van der Waals surface area contributed by atoms with E-state index in [1.807, 2.05) is 43.5 Å². The Bertz CT molecular complexity index is 1780. The minimum atomic E-state index is -0.194. The minimum Gasteiger partial charge on any atom is -0.496 e.